The number of nitrogens with one attached hydrogen (secondary N) is 2. The van der Waals surface area contributed by atoms with Gasteiger partial charge in [-0.05, 0) is 31.0 Å². The Bertz CT molecular complexity index is 876. The van der Waals surface area contributed by atoms with Crippen molar-refractivity contribution in [1.29, 1.82) is 0 Å². The number of hydrogen-bond acceptors (Lipinski definition) is 4. The van der Waals surface area contributed by atoms with E-state index < -0.39 is 0 Å². The summed E-state index contributed by atoms with van der Waals surface area (Å²) in [5.74, 6) is 0.971. The highest BCUT2D eigenvalue weighted by molar-refractivity contribution is 5.67. The molecule has 0 spiro atoms. The Labute approximate surface area is 152 Å². The maximum Gasteiger partial charge on any atom is 0.225 e. The van der Waals surface area contributed by atoms with Gasteiger partial charge in [-0.15, -0.1) is 0 Å². The van der Waals surface area contributed by atoms with Crippen molar-refractivity contribution in [2.75, 3.05) is 10.6 Å². The van der Waals surface area contributed by atoms with E-state index in [2.05, 4.69) is 15.6 Å². The third-order valence-corrected chi connectivity index (χ3v) is 4.58. The van der Waals surface area contributed by atoms with Gasteiger partial charge in [-0.25, -0.2) is 9.37 Å². The molecule has 1 aliphatic rings. The second kappa shape index (κ2) is 7.52. The summed E-state index contributed by atoms with van der Waals surface area (Å²) in [4.78, 5) is 9.28. The molecule has 1 fully saturated rings. The second-order valence-corrected chi connectivity index (χ2v) is 6.59. The molecule has 1 saturated carbocycles. The summed E-state index contributed by atoms with van der Waals surface area (Å²) >= 11 is 0. The van der Waals surface area contributed by atoms with Crippen LogP contribution in [-0.2, 0) is 0 Å². The number of nitrogens with zero attached hydrogens (tertiary/aromatic N) is 2. The van der Waals surface area contributed by atoms with Crippen molar-refractivity contribution < 1.29 is 4.39 Å². The molecule has 4 nitrogen and oxygen atoms in total. The van der Waals surface area contributed by atoms with Crippen LogP contribution in [0, 0.1) is 5.82 Å². The predicted molar refractivity (Wildman–Crippen MR) is 103 cm³/mol. The molecule has 2 aromatic carbocycles. The summed E-state index contributed by atoms with van der Waals surface area (Å²) in [6.45, 7) is 0. The molecule has 3 aromatic rings. The van der Waals surface area contributed by atoms with E-state index in [4.69, 9.17) is 4.98 Å². The molecule has 0 atom stereocenters. The van der Waals surface area contributed by atoms with Crippen molar-refractivity contribution in [3.05, 3.63) is 66.5 Å². The largest absolute Gasteiger partial charge is 0.351 e. The maximum atomic E-state index is 13.5. The van der Waals surface area contributed by atoms with Crippen LogP contribution in [0.4, 0.5) is 21.8 Å². The fraction of sp³-hybridized carbons (Fsp3) is 0.238. The van der Waals surface area contributed by atoms with Crippen LogP contribution in [0.2, 0.25) is 0 Å². The minimum absolute atomic E-state index is 0.281. The van der Waals surface area contributed by atoms with Gasteiger partial charge in [0.2, 0.25) is 5.95 Å². The Morgan fingerprint density at radius 3 is 2.46 bits per heavy atom. The van der Waals surface area contributed by atoms with Crippen molar-refractivity contribution in [3.63, 3.8) is 0 Å². The van der Waals surface area contributed by atoms with Crippen molar-refractivity contribution in [2.24, 2.45) is 0 Å². The molecular weight excluding hydrogens is 327 g/mol. The lowest BCUT2D eigenvalue weighted by molar-refractivity contribution is 0.628. The van der Waals surface area contributed by atoms with Crippen LogP contribution >= 0.6 is 0 Å². The van der Waals surface area contributed by atoms with Crippen molar-refractivity contribution in [3.8, 4) is 11.3 Å². The normalized spacial score (nSPS) is 14.3. The summed E-state index contributed by atoms with van der Waals surface area (Å²) in [5.41, 5.74) is 2.51. The van der Waals surface area contributed by atoms with E-state index >= 15 is 0 Å². The third kappa shape index (κ3) is 3.99. The van der Waals surface area contributed by atoms with Crippen LogP contribution in [0.5, 0.6) is 0 Å². The van der Waals surface area contributed by atoms with E-state index in [1.165, 1.54) is 25.0 Å². The zero-order valence-electron chi connectivity index (χ0n) is 14.5. The topological polar surface area (TPSA) is 49.8 Å². The van der Waals surface area contributed by atoms with Gasteiger partial charge in [0.05, 0.1) is 5.69 Å². The predicted octanol–water partition coefficient (Wildman–Crippen LogP) is 5.38. The Morgan fingerprint density at radius 1 is 0.885 bits per heavy atom. The van der Waals surface area contributed by atoms with E-state index in [0.717, 1.165) is 24.1 Å². The average Bonchev–Trinajstić information content (AvgIpc) is 3.15. The number of rotatable bonds is 5. The first-order chi connectivity index (χ1) is 12.8. The quantitative estimate of drug-likeness (QED) is 0.650. The van der Waals surface area contributed by atoms with E-state index in [1.54, 1.807) is 6.07 Å². The van der Waals surface area contributed by atoms with Gasteiger partial charge >= 0.3 is 0 Å². The van der Waals surface area contributed by atoms with Crippen LogP contribution in [0.25, 0.3) is 11.3 Å². The van der Waals surface area contributed by atoms with Gasteiger partial charge in [-0.3, -0.25) is 0 Å². The average molecular weight is 348 g/mol. The number of halogens is 1. The summed E-state index contributed by atoms with van der Waals surface area (Å²) in [6, 6.07) is 18.7. The first kappa shape index (κ1) is 16.5. The lowest BCUT2D eigenvalue weighted by atomic mass is 10.1. The lowest BCUT2D eigenvalue weighted by Gasteiger charge is -2.15. The van der Waals surface area contributed by atoms with Gasteiger partial charge in [-0.1, -0.05) is 49.2 Å². The first-order valence-electron chi connectivity index (χ1n) is 9.00. The SMILES string of the molecule is Fc1cccc(Nc2cc(-c3ccccc3)nc(NC3CCCC3)n2)c1. The van der Waals surface area contributed by atoms with E-state index in [1.807, 2.05) is 42.5 Å². The van der Waals surface area contributed by atoms with E-state index in [0.29, 0.717) is 23.5 Å². The summed E-state index contributed by atoms with van der Waals surface area (Å²) < 4.78 is 13.5. The van der Waals surface area contributed by atoms with Crippen molar-refractivity contribution in [2.45, 2.75) is 31.7 Å². The molecule has 26 heavy (non-hydrogen) atoms. The minimum atomic E-state index is -0.281. The van der Waals surface area contributed by atoms with Crippen molar-refractivity contribution in [1.82, 2.24) is 9.97 Å². The Kier molecular flexibility index (Phi) is 4.78. The lowest BCUT2D eigenvalue weighted by Crippen LogP contribution is -2.17. The highest BCUT2D eigenvalue weighted by Crippen LogP contribution is 2.26. The van der Waals surface area contributed by atoms with Gasteiger partial charge < -0.3 is 10.6 Å². The van der Waals surface area contributed by atoms with E-state index in [9.17, 15) is 4.39 Å². The van der Waals surface area contributed by atoms with Gasteiger partial charge in [-0.2, -0.15) is 4.98 Å². The Hall–Kier alpha value is -2.95. The van der Waals surface area contributed by atoms with Crippen molar-refractivity contribution >= 4 is 17.5 Å². The van der Waals surface area contributed by atoms with Gasteiger partial charge in [0.15, 0.2) is 0 Å². The molecular formula is C21H21FN4. The number of benzene rings is 2. The summed E-state index contributed by atoms with van der Waals surface area (Å²) in [5, 5.41) is 6.64. The number of anilines is 3. The summed E-state index contributed by atoms with van der Waals surface area (Å²) in [6.07, 6.45) is 4.77. The van der Waals surface area contributed by atoms with Gasteiger partial charge in [0.1, 0.15) is 11.6 Å². The number of aromatic nitrogens is 2. The number of hydrogen-bond donors (Lipinski definition) is 2. The van der Waals surface area contributed by atoms with Crippen LogP contribution in [-0.4, -0.2) is 16.0 Å². The first-order valence-corrected chi connectivity index (χ1v) is 9.00. The Balaban J connectivity index is 1.67. The maximum absolute atomic E-state index is 13.5. The van der Waals surface area contributed by atoms with Gasteiger partial charge in [0.25, 0.3) is 0 Å². The van der Waals surface area contributed by atoms with Crippen LogP contribution < -0.4 is 10.6 Å². The standard InChI is InChI=1S/C21H21FN4/c22-16-9-6-12-18(13-16)23-20-14-19(15-7-2-1-3-8-15)25-21(26-20)24-17-10-4-5-11-17/h1-3,6-9,12-14,17H,4-5,10-11H2,(H2,23,24,25,26). The molecule has 4 rings (SSSR count). The minimum Gasteiger partial charge on any atom is -0.351 e. The second-order valence-electron chi connectivity index (χ2n) is 6.59. The smallest absolute Gasteiger partial charge is 0.225 e. The molecule has 0 aliphatic heterocycles. The molecule has 0 radical (unpaired) electrons. The highest BCUT2D eigenvalue weighted by Gasteiger charge is 2.16. The molecule has 0 unspecified atom stereocenters. The molecule has 0 amide bonds. The highest BCUT2D eigenvalue weighted by atomic mass is 19.1. The zero-order chi connectivity index (χ0) is 17.8. The molecule has 1 aromatic heterocycles. The fourth-order valence-corrected chi connectivity index (χ4v) is 3.30. The molecule has 0 saturated heterocycles. The molecule has 1 heterocycles. The molecule has 5 heteroatoms. The Morgan fingerprint density at radius 2 is 1.69 bits per heavy atom. The van der Waals surface area contributed by atoms with Gasteiger partial charge in [0, 0.05) is 23.4 Å². The van der Waals surface area contributed by atoms with Crippen LogP contribution in [0.1, 0.15) is 25.7 Å². The molecule has 132 valence electrons. The van der Waals surface area contributed by atoms with E-state index in [-0.39, 0.29) is 5.82 Å². The fourth-order valence-electron chi connectivity index (χ4n) is 3.30. The molecule has 0 bridgehead atoms. The third-order valence-electron chi connectivity index (χ3n) is 4.58. The van der Waals surface area contributed by atoms with Crippen LogP contribution in [0.3, 0.4) is 0 Å². The summed E-state index contributed by atoms with van der Waals surface area (Å²) in [7, 11) is 0. The van der Waals surface area contributed by atoms with Crippen LogP contribution in [0.15, 0.2) is 60.7 Å². The monoisotopic (exact) mass is 348 g/mol. The zero-order valence-corrected chi connectivity index (χ0v) is 14.5. The molecule has 2 N–H and O–H groups in total. The molecule has 1 aliphatic carbocycles.